The van der Waals surface area contributed by atoms with E-state index in [1.54, 1.807) is 6.20 Å². The van der Waals surface area contributed by atoms with E-state index < -0.39 is 0 Å². The number of hydrogen-bond acceptors (Lipinski definition) is 4. The topological polar surface area (TPSA) is 39.6 Å². The fourth-order valence-corrected chi connectivity index (χ4v) is 1.84. The van der Waals surface area contributed by atoms with Crippen LogP contribution in [0.25, 0.3) is 0 Å². The predicted octanol–water partition coefficient (Wildman–Crippen LogP) is -0.934. The van der Waals surface area contributed by atoms with E-state index in [0.717, 1.165) is 51.4 Å². The van der Waals surface area contributed by atoms with Crippen LogP contribution in [0.3, 0.4) is 0 Å². The van der Waals surface area contributed by atoms with Gasteiger partial charge in [-0.1, -0.05) is 6.07 Å². The molecule has 1 aliphatic heterocycles. The molecule has 1 saturated heterocycles. The summed E-state index contributed by atoms with van der Waals surface area (Å²) in [4.78, 5) is 9.06. The predicted molar refractivity (Wildman–Crippen MR) is 64.6 cm³/mol. The second-order valence-corrected chi connectivity index (χ2v) is 4.29. The van der Waals surface area contributed by atoms with Gasteiger partial charge < -0.3 is 9.92 Å². The summed E-state index contributed by atoms with van der Waals surface area (Å²) in [5.74, 6) is 0. The summed E-state index contributed by atoms with van der Waals surface area (Å²) in [7, 11) is 3.23. The number of pyridine rings is 1. The lowest BCUT2D eigenvalue weighted by molar-refractivity contribution is 0.147. The van der Waals surface area contributed by atoms with Crippen LogP contribution in [0.2, 0.25) is 0 Å². The zero-order valence-corrected chi connectivity index (χ0v) is 9.63. The first kappa shape index (κ1) is 11.6. The molecule has 1 radical (unpaired) electrons. The maximum Gasteiger partial charge on any atom is 0.328 e. The summed E-state index contributed by atoms with van der Waals surface area (Å²) in [6.07, 6.45) is 1.70. The Labute approximate surface area is 97.2 Å². The van der Waals surface area contributed by atoms with Crippen molar-refractivity contribution in [2.24, 2.45) is 0 Å². The molecule has 5 heteroatoms. The van der Waals surface area contributed by atoms with Gasteiger partial charge >= 0.3 is 7.48 Å². The first-order valence-corrected chi connectivity index (χ1v) is 5.61. The second kappa shape index (κ2) is 5.43. The van der Waals surface area contributed by atoms with E-state index in [2.05, 4.69) is 21.8 Å². The van der Waals surface area contributed by atoms with Gasteiger partial charge in [0.25, 0.3) is 0 Å². The first-order valence-electron chi connectivity index (χ1n) is 5.61. The van der Waals surface area contributed by atoms with Crippen LogP contribution in [0.5, 0.6) is 0 Å². The first-order chi connectivity index (χ1) is 7.78. The van der Waals surface area contributed by atoms with Crippen molar-refractivity contribution in [2.75, 3.05) is 33.2 Å². The molecule has 0 amide bonds. The minimum absolute atomic E-state index is 0.752. The van der Waals surface area contributed by atoms with Gasteiger partial charge in [0.2, 0.25) is 0 Å². The molecule has 0 spiro atoms. The molecule has 1 aromatic rings. The Morgan fingerprint density at radius 2 is 2.06 bits per heavy atom. The van der Waals surface area contributed by atoms with Crippen molar-refractivity contribution in [2.45, 2.75) is 6.54 Å². The van der Waals surface area contributed by atoms with Crippen LogP contribution in [-0.4, -0.2) is 60.5 Å². The third kappa shape index (κ3) is 3.04. The van der Waals surface area contributed by atoms with Crippen LogP contribution >= 0.6 is 0 Å². The van der Waals surface area contributed by atoms with Crippen LogP contribution in [0.1, 0.15) is 5.69 Å². The van der Waals surface area contributed by atoms with Crippen molar-refractivity contribution in [1.29, 1.82) is 0 Å². The van der Waals surface area contributed by atoms with Gasteiger partial charge in [-0.2, -0.15) is 0 Å². The lowest BCUT2D eigenvalue weighted by Gasteiger charge is -2.32. The van der Waals surface area contributed by atoms with Crippen molar-refractivity contribution in [3.05, 3.63) is 24.0 Å². The second-order valence-electron chi connectivity index (χ2n) is 4.29. The summed E-state index contributed by atoms with van der Waals surface area (Å²) in [5.41, 5.74) is 1.82. The van der Waals surface area contributed by atoms with Gasteiger partial charge in [0, 0.05) is 38.9 Å². The maximum absolute atomic E-state index is 8.80. The van der Waals surface area contributed by atoms with E-state index in [4.69, 9.17) is 5.02 Å². The minimum Gasteiger partial charge on any atom is -0.450 e. The summed E-state index contributed by atoms with van der Waals surface area (Å²) in [5, 5.41) is 8.80. The van der Waals surface area contributed by atoms with Crippen LogP contribution in [0, 0.1) is 0 Å². The van der Waals surface area contributed by atoms with E-state index >= 15 is 0 Å². The molecule has 0 bridgehead atoms. The number of likely N-dealkylation sites (N-methyl/N-ethyl adjacent to an activating group) is 1. The van der Waals surface area contributed by atoms with E-state index in [1.807, 2.05) is 12.1 Å². The molecule has 4 nitrogen and oxygen atoms in total. The monoisotopic (exact) mass is 218 g/mol. The Balaban J connectivity index is 1.88. The SMILES string of the molecule is CN1CCN(Cc2ccc([B]O)cn2)CC1. The van der Waals surface area contributed by atoms with Crippen LogP contribution in [-0.2, 0) is 6.54 Å². The fourth-order valence-electron chi connectivity index (χ4n) is 1.84. The van der Waals surface area contributed by atoms with Gasteiger partial charge in [-0.15, -0.1) is 0 Å². The van der Waals surface area contributed by atoms with Crippen molar-refractivity contribution in [3.8, 4) is 0 Å². The minimum atomic E-state index is 0.752. The van der Waals surface area contributed by atoms with Gasteiger partial charge in [0.05, 0.1) is 5.69 Å². The molecular formula is C11H17BN3O. The molecule has 1 aromatic heterocycles. The van der Waals surface area contributed by atoms with E-state index in [-0.39, 0.29) is 0 Å². The van der Waals surface area contributed by atoms with Crippen LogP contribution in [0.15, 0.2) is 18.3 Å². The normalized spacial score (nSPS) is 18.6. The molecule has 2 rings (SSSR count). The Bertz CT molecular complexity index is 323. The molecule has 0 aromatic carbocycles. The van der Waals surface area contributed by atoms with Gasteiger partial charge in [-0.25, -0.2) is 0 Å². The van der Waals surface area contributed by atoms with E-state index in [9.17, 15) is 0 Å². The zero-order valence-electron chi connectivity index (χ0n) is 9.63. The van der Waals surface area contributed by atoms with E-state index in [0.29, 0.717) is 0 Å². The Kier molecular flexibility index (Phi) is 3.93. The van der Waals surface area contributed by atoms with Gasteiger partial charge in [0.1, 0.15) is 0 Å². The lowest BCUT2D eigenvalue weighted by Crippen LogP contribution is -2.44. The Morgan fingerprint density at radius 1 is 1.31 bits per heavy atom. The van der Waals surface area contributed by atoms with Crippen molar-refractivity contribution in [3.63, 3.8) is 0 Å². The average Bonchev–Trinajstić information content (AvgIpc) is 2.33. The molecule has 0 unspecified atom stereocenters. The summed E-state index contributed by atoms with van der Waals surface area (Å²) < 4.78 is 0. The number of aromatic nitrogens is 1. The molecule has 1 aliphatic rings. The molecule has 85 valence electrons. The van der Waals surface area contributed by atoms with Crippen molar-refractivity contribution >= 4 is 12.9 Å². The number of rotatable bonds is 3. The third-order valence-electron chi connectivity index (χ3n) is 2.98. The Hall–Kier alpha value is -0.905. The molecule has 1 N–H and O–H groups in total. The molecule has 0 aliphatic carbocycles. The fraction of sp³-hybridized carbons (Fsp3) is 0.545. The highest BCUT2D eigenvalue weighted by Crippen LogP contribution is 2.04. The molecule has 0 saturated carbocycles. The van der Waals surface area contributed by atoms with Crippen molar-refractivity contribution < 1.29 is 5.02 Å². The molecule has 16 heavy (non-hydrogen) atoms. The molecule has 1 fully saturated rings. The van der Waals surface area contributed by atoms with Crippen LogP contribution < -0.4 is 5.46 Å². The number of piperazine rings is 1. The number of hydrogen-bond donors (Lipinski definition) is 1. The average molecular weight is 218 g/mol. The summed E-state index contributed by atoms with van der Waals surface area (Å²) >= 11 is 0. The largest absolute Gasteiger partial charge is 0.450 e. The maximum atomic E-state index is 8.80. The molecule has 2 heterocycles. The summed E-state index contributed by atoms with van der Waals surface area (Å²) in [6, 6.07) is 3.86. The molecular weight excluding hydrogens is 201 g/mol. The van der Waals surface area contributed by atoms with Crippen LogP contribution in [0.4, 0.5) is 0 Å². The smallest absolute Gasteiger partial charge is 0.328 e. The van der Waals surface area contributed by atoms with Gasteiger partial charge in [0.15, 0.2) is 0 Å². The lowest BCUT2D eigenvalue weighted by atomic mass is 9.91. The van der Waals surface area contributed by atoms with Gasteiger partial charge in [-0.05, 0) is 18.6 Å². The number of nitrogens with zero attached hydrogens (tertiary/aromatic N) is 3. The quantitative estimate of drug-likeness (QED) is 0.665. The highest BCUT2D eigenvalue weighted by Gasteiger charge is 2.14. The van der Waals surface area contributed by atoms with Crippen molar-refractivity contribution in [1.82, 2.24) is 14.8 Å². The zero-order chi connectivity index (χ0) is 11.4. The molecule has 0 atom stereocenters. The Morgan fingerprint density at radius 3 is 2.62 bits per heavy atom. The summed E-state index contributed by atoms with van der Waals surface area (Å²) in [6.45, 7) is 5.36. The standard InChI is InChI=1S/C11H17BN3O/c1-14-4-6-15(7-5-14)9-11-3-2-10(12-16)8-13-11/h2-3,8,16H,4-7,9H2,1H3. The van der Waals surface area contributed by atoms with E-state index in [1.165, 1.54) is 0 Å². The van der Waals surface area contributed by atoms with Gasteiger partial charge in [-0.3, -0.25) is 9.88 Å². The third-order valence-corrected chi connectivity index (χ3v) is 2.98. The highest BCUT2D eigenvalue weighted by molar-refractivity contribution is 6.45. The highest BCUT2D eigenvalue weighted by atomic mass is 16.2.